The largest absolute Gasteiger partial charge is 0.325 e. The van der Waals surface area contributed by atoms with E-state index in [-0.39, 0.29) is 11.7 Å². The lowest BCUT2D eigenvalue weighted by Gasteiger charge is -2.09. The Bertz CT molecular complexity index is 1190. The first-order chi connectivity index (χ1) is 14.0. The van der Waals surface area contributed by atoms with Crippen LogP contribution in [0.1, 0.15) is 11.1 Å². The molecule has 0 unspecified atom stereocenters. The van der Waals surface area contributed by atoms with E-state index in [2.05, 4.69) is 51.9 Å². The second-order valence-corrected chi connectivity index (χ2v) is 8.93. The van der Waals surface area contributed by atoms with Crippen LogP contribution in [-0.2, 0) is 4.79 Å². The average molecular weight is 440 g/mol. The minimum Gasteiger partial charge on any atom is -0.325 e. The number of hydrogen-bond acceptors (Lipinski definition) is 5. The Morgan fingerprint density at radius 1 is 1.14 bits per heavy atom. The van der Waals surface area contributed by atoms with E-state index in [1.807, 2.05) is 19.1 Å². The summed E-state index contributed by atoms with van der Waals surface area (Å²) in [6.45, 7) is 3.99. The highest BCUT2D eigenvalue weighted by Gasteiger charge is 2.15. The average Bonchev–Trinajstić information content (AvgIpc) is 3.14. The molecule has 0 spiro atoms. The number of nitrogens with zero attached hydrogens (tertiary/aromatic N) is 2. The van der Waals surface area contributed by atoms with Crippen molar-refractivity contribution in [3.63, 3.8) is 0 Å². The number of aromatic nitrogens is 2. The molecule has 2 aromatic carbocycles. The number of hydrogen-bond donors (Lipinski definition) is 1. The fourth-order valence-electron chi connectivity index (χ4n) is 2.99. The van der Waals surface area contributed by atoms with Gasteiger partial charge in [-0.25, -0.2) is 9.97 Å². The lowest BCUT2D eigenvalue weighted by Crippen LogP contribution is -2.15. The maximum atomic E-state index is 12.5. The van der Waals surface area contributed by atoms with Crippen molar-refractivity contribution in [3.8, 4) is 11.1 Å². The van der Waals surface area contributed by atoms with Gasteiger partial charge in [-0.05, 0) is 43.2 Å². The van der Waals surface area contributed by atoms with Crippen LogP contribution in [0.5, 0.6) is 0 Å². The lowest BCUT2D eigenvalue weighted by molar-refractivity contribution is -0.113. The number of carbonyl (C=O) groups excluding carboxylic acids is 1. The van der Waals surface area contributed by atoms with Crippen LogP contribution in [0.4, 0.5) is 5.69 Å². The molecule has 7 heteroatoms. The summed E-state index contributed by atoms with van der Waals surface area (Å²) in [5, 5.41) is 7.51. The Morgan fingerprint density at radius 2 is 1.93 bits per heavy atom. The molecule has 1 N–H and O–H groups in total. The van der Waals surface area contributed by atoms with Gasteiger partial charge in [0, 0.05) is 21.7 Å². The van der Waals surface area contributed by atoms with Gasteiger partial charge in [0.2, 0.25) is 5.91 Å². The zero-order valence-corrected chi connectivity index (χ0v) is 18.3. The molecule has 0 aliphatic rings. The summed E-state index contributed by atoms with van der Waals surface area (Å²) in [6, 6.07) is 13.8. The molecule has 4 aromatic rings. The molecular formula is C22H18ClN3OS2. The summed E-state index contributed by atoms with van der Waals surface area (Å²) in [5.74, 6) is 0.177. The van der Waals surface area contributed by atoms with Crippen LogP contribution in [0.25, 0.3) is 21.3 Å². The Hall–Kier alpha value is -2.41. The third-order valence-corrected chi connectivity index (χ3v) is 6.61. The van der Waals surface area contributed by atoms with Crippen LogP contribution < -0.4 is 5.32 Å². The predicted octanol–water partition coefficient (Wildman–Crippen LogP) is 6.36. The van der Waals surface area contributed by atoms with Crippen LogP contribution >= 0.6 is 34.7 Å². The lowest BCUT2D eigenvalue weighted by atomic mass is 10.1. The van der Waals surface area contributed by atoms with Gasteiger partial charge in [0.15, 0.2) is 0 Å². The second kappa shape index (κ2) is 8.53. The highest BCUT2D eigenvalue weighted by Crippen LogP contribution is 2.37. The van der Waals surface area contributed by atoms with Crippen molar-refractivity contribution in [2.75, 3.05) is 11.1 Å². The van der Waals surface area contributed by atoms with Crippen molar-refractivity contribution >= 4 is 56.5 Å². The Balaban J connectivity index is 1.55. The number of fused-ring (bicyclic) bond motifs is 1. The summed E-state index contributed by atoms with van der Waals surface area (Å²) in [7, 11) is 0. The minimum atomic E-state index is -0.0840. The topological polar surface area (TPSA) is 54.9 Å². The standard InChI is InChI=1S/C22H18ClN3OS2/c1-13-3-5-15(6-4-13)17-10-28-21-20(17)22(25-12-24-21)29-11-19(27)26-18-8-7-16(23)9-14(18)2/h3-10,12H,11H2,1-2H3,(H,26,27). The van der Waals surface area contributed by atoms with E-state index in [1.54, 1.807) is 23.7 Å². The monoisotopic (exact) mass is 439 g/mol. The zero-order chi connectivity index (χ0) is 20.4. The van der Waals surface area contributed by atoms with Gasteiger partial charge in [0.1, 0.15) is 16.2 Å². The van der Waals surface area contributed by atoms with E-state index in [9.17, 15) is 4.79 Å². The molecule has 0 saturated heterocycles. The van der Waals surface area contributed by atoms with E-state index < -0.39 is 0 Å². The Labute approximate surface area is 182 Å². The number of aryl methyl sites for hydroxylation is 2. The Morgan fingerprint density at radius 3 is 2.69 bits per heavy atom. The number of anilines is 1. The molecule has 2 heterocycles. The third kappa shape index (κ3) is 4.45. The normalized spacial score (nSPS) is 11.0. The molecule has 1 amide bonds. The van der Waals surface area contributed by atoms with Gasteiger partial charge in [-0.3, -0.25) is 4.79 Å². The van der Waals surface area contributed by atoms with Gasteiger partial charge in [0.05, 0.1) is 11.1 Å². The smallest absolute Gasteiger partial charge is 0.234 e. The molecule has 0 aliphatic carbocycles. The highest BCUT2D eigenvalue weighted by atomic mass is 35.5. The van der Waals surface area contributed by atoms with Crippen molar-refractivity contribution < 1.29 is 4.79 Å². The minimum absolute atomic E-state index is 0.0840. The molecule has 4 rings (SSSR count). The quantitative estimate of drug-likeness (QED) is 0.290. The molecular weight excluding hydrogens is 422 g/mol. The Kier molecular flexibility index (Phi) is 5.85. The van der Waals surface area contributed by atoms with E-state index in [4.69, 9.17) is 11.6 Å². The maximum Gasteiger partial charge on any atom is 0.234 e. The van der Waals surface area contributed by atoms with E-state index in [0.717, 1.165) is 37.6 Å². The fraction of sp³-hybridized carbons (Fsp3) is 0.136. The van der Waals surface area contributed by atoms with E-state index in [0.29, 0.717) is 5.02 Å². The van der Waals surface area contributed by atoms with Crippen LogP contribution in [0.15, 0.2) is 59.2 Å². The summed E-state index contributed by atoms with van der Waals surface area (Å²) < 4.78 is 0. The van der Waals surface area contributed by atoms with Crippen molar-refractivity contribution in [1.29, 1.82) is 0 Å². The van der Waals surface area contributed by atoms with Gasteiger partial charge in [-0.1, -0.05) is 53.2 Å². The molecule has 29 heavy (non-hydrogen) atoms. The number of nitrogens with one attached hydrogen (secondary N) is 1. The predicted molar refractivity (Wildman–Crippen MR) is 123 cm³/mol. The summed E-state index contributed by atoms with van der Waals surface area (Å²) in [6.07, 6.45) is 1.56. The molecule has 0 fully saturated rings. The van der Waals surface area contributed by atoms with Gasteiger partial charge in [-0.15, -0.1) is 11.3 Å². The number of amides is 1. The van der Waals surface area contributed by atoms with Gasteiger partial charge >= 0.3 is 0 Å². The first-order valence-electron chi connectivity index (χ1n) is 8.99. The molecule has 146 valence electrons. The van der Waals surface area contributed by atoms with Crippen LogP contribution in [0, 0.1) is 13.8 Å². The summed E-state index contributed by atoms with van der Waals surface area (Å²) >= 11 is 8.99. The van der Waals surface area contributed by atoms with E-state index >= 15 is 0 Å². The summed E-state index contributed by atoms with van der Waals surface area (Å²) in [4.78, 5) is 22.3. The van der Waals surface area contributed by atoms with Crippen molar-refractivity contribution in [3.05, 3.63) is 70.3 Å². The van der Waals surface area contributed by atoms with Crippen molar-refractivity contribution in [2.24, 2.45) is 0 Å². The van der Waals surface area contributed by atoms with Gasteiger partial charge in [-0.2, -0.15) is 0 Å². The number of rotatable bonds is 5. The molecule has 0 saturated carbocycles. The second-order valence-electron chi connectivity index (χ2n) is 6.67. The first-order valence-corrected chi connectivity index (χ1v) is 11.2. The van der Waals surface area contributed by atoms with E-state index in [1.165, 1.54) is 17.3 Å². The third-order valence-electron chi connectivity index (χ3n) is 4.50. The molecule has 4 nitrogen and oxygen atoms in total. The maximum absolute atomic E-state index is 12.5. The van der Waals surface area contributed by atoms with Gasteiger partial charge < -0.3 is 5.32 Å². The molecule has 0 bridgehead atoms. The van der Waals surface area contributed by atoms with Crippen molar-refractivity contribution in [2.45, 2.75) is 18.9 Å². The summed E-state index contributed by atoms with van der Waals surface area (Å²) in [5.41, 5.74) is 5.14. The number of halogens is 1. The van der Waals surface area contributed by atoms with Crippen LogP contribution in [-0.4, -0.2) is 21.6 Å². The molecule has 0 aliphatic heterocycles. The van der Waals surface area contributed by atoms with Crippen molar-refractivity contribution in [1.82, 2.24) is 9.97 Å². The number of benzene rings is 2. The number of thiophene rings is 1. The zero-order valence-electron chi connectivity index (χ0n) is 15.9. The van der Waals surface area contributed by atoms with Gasteiger partial charge in [0.25, 0.3) is 0 Å². The molecule has 0 atom stereocenters. The molecule has 0 radical (unpaired) electrons. The van der Waals surface area contributed by atoms with Crippen LogP contribution in [0.2, 0.25) is 5.02 Å². The SMILES string of the molecule is Cc1ccc(-c2csc3ncnc(SCC(=O)Nc4ccc(Cl)cc4C)c23)cc1. The fourth-order valence-corrected chi connectivity index (χ4v) is 5.01. The first kappa shape index (κ1) is 19.9. The number of carbonyl (C=O) groups is 1. The number of thioether (sulfide) groups is 1. The highest BCUT2D eigenvalue weighted by molar-refractivity contribution is 8.00. The molecule has 2 aromatic heterocycles. The van der Waals surface area contributed by atoms with Crippen LogP contribution in [0.3, 0.4) is 0 Å².